The fraction of sp³-hybridized carbons (Fsp3) is 0.583. The minimum Gasteiger partial charge on any atom is -0.295 e. The van der Waals surface area contributed by atoms with Crippen LogP contribution in [0.2, 0.25) is 0 Å². The second kappa shape index (κ2) is 3.13. The van der Waals surface area contributed by atoms with E-state index in [0.717, 1.165) is 5.57 Å². The summed E-state index contributed by atoms with van der Waals surface area (Å²) in [6, 6.07) is 0. The molecule has 1 aliphatic rings. The molecule has 0 fully saturated rings. The Kier molecular flexibility index (Phi) is 2.47. The maximum Gasteiger partial charge on any atom is 0.156 e. The third-order valence-electron chi connectivity index (χ3n) is 2.56. The Bertz CT molecular complexity index is 299. The zero-order valence-electron chi connectivity index (χ0n) is 9.19. The van der Waals surface area contributed by atoms with Crippen LogP contribution in [-0.2, 0) is 4.79 Å². The normalized spacial score (nSPS) is 21.5. The highest BCUT2D eigenvalue weighted by Crippen LogP contribution is 2.40. The molecular weight excluding hydrogens is 160 g/mol. The molecule has 72 valence electrons. The van der Waals surface area contributed by atoms with E-state index in [-0.39, 0.29) is 11.2 Å². The van der Waals surface area contributed by atoms with Crippen molar-refractivity contribution >= 4 is 5.78 Å². The van der Waals surface area contributed by atoms with Crippen LogP contribution in [0.1, 0.15) is 41.0 Å². The van der Waals surface area contributed by atoms with Crippen LogP contribution in [0.3, 0.4) is 0 Å². The van der Waals surface area contributed by atoms with Gasteiger partial charge in [-0.2, -0.15) is 0 Å². The third kappa shape index (κ3) is 1.90. The molecule has 0 spiro atoms. The number of carbonyl (C=O) groups is 1. The Morgan fingerprint density at radius 2 is 1.92 bits per heavy atom. The molecule has 0 saturated heterocycles. The van der Waals surface area contributed by atoms with Gasteiger partial charge in [-0.3, -0.25) is 4.79 Å². The summed E-state index contributed by atoms with van der Waals surface area (Å²) in [6.07, 6.45) is 2.42. The Labute approximate surface area is 80.5 Å². The van der Waals surface area contributed by atoms with Gasteiger partial charge in [-0.25, -0.2) is 0 Å². The molecule has 0 N–H and O–H groups in total. The second-order valence-corrected chi connectivity index (χ2v) is 4.73. The van der Waals surface area contributed by atoms with Crippen LogP contribution in [0.4, 0.5) is 0 Å². The smallest absolute Gasteiger partial charge is 0.156 e. The molecular formula is C12H18O. The van der Waals surface area contributed by atoms with E-state index in [9.17, 15) is 4.79 Å². The van der Waals surface area contributed by atoms with E-state index in [1.54, 1.807) is 6.08 Å². The topological polar surface area (TPSA) is 17.1 Å². The first kappa shape index (κ1) is 10.2. The summed E-state index contributed by atoms with van der Waals surface area (Å²) in [5, 5.41) is 0. The summed E-state index contributed by atoms with van der Waals surface area (Å²) in [5.74, 6) is 0.257. The maximum absolute atomic E-state index is 11.4. The number of carbonyl (C=O) groups excluding carboxylic acids is 1. The SMILES string of the molecule is CC1=CC(=O)CC(C)(C)C1=C(C)C. The van der Waals surface area contributed by atoms with E-state index < -0.39 is 0 Å². The van der Waals surface area contributed by atoms with Crippen LogP contribution in [0.5, 0.6) is 0 Å². The summed E-state index contributed by atoms with van der Waals surface area (Å²) in [7, 11) is 0. The van der Waals surface area contributed by atoms with Crippen molar-refractivity contribution in [3.8, 4) is 0 Å². The van der Waals surface area contributed by atoms with Crippen molar-refractivity contribution in [3.63, 3.8) is 0 Å². The van der Waals surface area contributed by atoms with Gasteiger partial charge in [0.2, 0.25) is 0 Å². The summed E-state index contributed by atoms with van der Waals surface area (Å²) >= 11 is 0. The standard InChI is InChI=1S/C12H18O/c1-8(2)11-9(3)6-10(13)7-12(11,4)5/h6H,7H2,1-5H3. The van der Waals surface area contributed by atoms with Gasteiger partial charge in [0.1, 0.15) is 0 Å². The molecule has 0 aliphatic heterocycles. The van der Waals surface area contributed by atoms with Gasteiger partial charge in [0.15, 0.2) is 5.78 Å². The molecule has 0 radical (unpaired) electrons. The summed E-state index contributed by atoms with van der Waals surface area (Å²) in [4.78, 5) is 11.4. The fourth-order valence-corrected chi connectivity index (χ4v) is 2.49. The van der Waals surface area contributed by atoms with Crippen molar-refractivity contribution < 1.29 is 4.79 Å². The van der Waals surface area contributed by atoms with Gasteiger partial charge in [0, 0.05) is 6.42 Å². The van der Waals surface area contributed by atoms with E-state index in [2.05, 4.69) is 27.7 Å². The highest BCUT2D eigenvalue weighted by atomic mass is 16.1. The van der Waals surface area contributed by atoms with Crippen molar-refractivity contribution in [1.29, 1.82) is 0 Å². The lowest BCUT2D eigenvalue weighted by molar-refractivity contribution is -0.116. The lowest BCUT2D eigenvalue weighted by atomic mass is 9.71. The summed E-state index contributed by atoms with van der Waals surface area (Å²) in [5.41, 5.74) is 3.84. The van der Waals surface area contributed by atoms with Crippen molar-refractivity contribution in [3.05, 3.63) is 22.8 Å². The van der Waals surface area contributed by atoms with Crippen LogP contribution >= 0.6 is 0 Å². The van der Waals surface area contributed by atoms with Crippen LogP contribution in [0.25, 0.3) is 0 Å². The minimum absolute atomic E-state index is 0.0226. The van der Waals surface area contributed by atoms with Gasteiger partial charge in [-0.15, -0.1) is 0 Å². The Hall–Kier alpha value is -0.850. The van der Waals surface area contributed by atoms with Gasteiger partial charge < -0.3 is 0 Å². The second-order valence-electron chi connectivity index (χ2n) is 4.73. The Morgan fingerprint density at radius 1 is 1.38 bits per heavy atom. The first-order valence-corrected chi connectivity index (χ1v) is 4.74. The molecule has 0 aromatic carbocycles. The predicted octanol–water partition coefficient (Wildman–Crippen LogP) is 3.27. The average molecular weight is 178 g/mol. The molecule has 1 nitrogen and oxygen atoms in total. The molecule has 0 aromatic rings. The maximum atomic E-state index is 11.4. The number of hydrogen-bond donors (Lipinski definition) is 0. The van der Waals surface area contributed by atoms with E-state index in [0.29, 0.717) is 6.42 Å². The number of hydrogen-bond acceptors (Lipinski definition) is 1. The molecule has 0 unspecified atom stereocenters. The fourth-order valence-electron chi connectivity index (χ4n) is 2.49. The van der Waals surface area contributed by atoms with Gasteiger partial charge in [0.05, 0.1) is 0 Å². The molecule has 0 aromatic heterocycles. The average Bonchev–Trinajstić information content (AvgIpc) is 1.78. The molecule has 1 aliphatic carbocycles. The lowest BCUT2D eigenvalue weighted by Crippen LogP contribution is -2.25. The Balaban J connectivity index is 3.27. The first-order chi connectivity index (χ1) is 5.84. The largest absolute Gasteiger partial charge is 0.295 e. The summed E-state index contributed by atoms with van der Waals surface area (Å²) in [6.45, 7) is 10.5. The third-order valence-corrected chi connectivity index (χ3v) is 2.56. The van der Waals surface area contributed by atoms with Crippen molar-refractivity contribution in [2.24, 2.45) is 5.41 Å². The molecule has 1 heteroatoms. The molecule has 0 atom stereocenters. The van der Waals surface area contributed by atoms with Crippen molar-refractivity contribution in [2.75, 3.05) is 0 Å². The van der Waals surface area contributed by atoms with Crippen LogP contribution in [0.15, 0.2) is 22.8 Å². The van der Waals surface area contributed by atoms with E-state index >= 15 is 0 Å². The number of allylic oxidation sites excluding steroid dienone is 4. The van der Waals surface area contributed by atoms with Crippen LogP contribution in [-0.4, -0.2) is 5.78 Å². The lowest BCUT2D eigenvalue weighted by Gasteiger charge is -2.32. The quantitative estimate of drug-likeness (QED) is 0.556. The van der Waals surface area contributed by atoms with E-state index in [4.69, 9.17) is 0 Å². The van der Waals surface area contributed by atoms with Crippen LogP contribution < -0.4 is 0 Å². The van der Waals surface area contributed by atoms with Crippen molar-refractivity contribution in [1.82, 2.24) is 0 Å². The Morgan fingerprint density at radius 3 is 2.31 bits per heavy atom. The van der Waals surface area contributed by atoms with E-state index in [1.165, 1.54) is 11.1 Å². The monoisotopic (exact) mass is 178 g/mol. The van der Waals surface area contributed by atoms with Gasteiger partial charge in [-0.1, -0.05) is 19.4 Å². The molecule has 0 amide bonds. The molecule has 13 heavy (non-hydrogen) atoms. The zero-order valence-corrected chi connectivity index (χ0v) is 9.19. The zero-order chi connectivity index (χ0) is 10.2. The van der Waals surface area contributed by atoms with Gasteiger partial charge >= 0.3 is 0 Å². The van der Waals surface area contributed by atoms with E-state index in [1.807, 2.05) is 6.92 Å². The van der Waals surface area contributed by atoms with Crippen LogP contribution in [0, 0.1) is 5.41 Å². The van der Waals surface area contributed by atoms with Gasteiger partial charge in [0.25, 0.3) is 0 Å². The highest BCUT2D eigenvalue weighted by Gasteiger charge is 2.31. The number of ketones is 1. The van der Waals surface area contributed by atoms with Crippen molar-refractivity contribution in [2.45, 2.75) is 41.0 Å². The predicted molar refractivity (Wildman–Crippen MR) is 55.5 cm³/mol. The molecule has 0 bridgehead atoms. The molecule has 1 rings (SSSR count). The summed E-state index contributed by atoms with van der Waals surface area (Å²) < 4.78 is 0. The minimum atomic E-state index is 0.0226. The first-order valence-electron chi connectivity index (χ1n) is 4.74. The highest BCUT2D eigenvalue weighted by molar-refractivity contribution is 5.93. The molecule has 0 saturated carbocycles. The number of rotatable bonds is 0. The van der Waals surface area contributed by atoms with Gasteiger partial charge in [-0.05, 0) is 43.4 Å². The molecule has 0 heterocycles.